The van der Waals surface area contributed by atoms with Gasteiger partial charge in [-0.15, -0.1) is 0 Å². The van der Waals surface area contributed by atoms with Gasteiger partial charge in [0, 0.05) is 50.5 Å². The Morgan fingerprint density at radius 2 is 1.92 bits per heavy atom. The van der Waals surface area contributed by atoms with Crippen LogP contribution in [0.15, 0.2) is 47.1 Å². The summed E-state index contributed by atoms with van der Waals surface area (Å²) < 4.78 is 11.7. The number of piperazine rings is 1. The highest BCUT2D eigenvalue weighted by Crippen LogP contribution is 2.19. The van der Waals surface area contributed by atoms with E-state index in [9.17, 15) is 0 Å². The molecule has 0 atom stereocenters. The average Bonchev–Trinajstić information content (AvgIpc) is 2.64. The van der Waals surface area contributed by atoms with E-state index in [1.807, 2.05) is 18.3 Å². The van der Waals surface area contributed by atoms with E-state index >= 15 is 0 Å². The number of hydrogen-bond acceptors (Lipinski definition) is 5. The normalized spacial score (nSPS) is 15.4. The predicted molar refractivity (Wildman–Crippen MR) is 103 cm³/mol. The van der Waals surface area contributed by atoms with Crippen molar-refractivity contribution in [2.45, 2.75) is 6.54 Å². The first-order chi connectivity index (χ1) is 12.2. The molecule has 3 rings (SSSR count). The highest BCUT2D eigenvalue weighted by molar-refractivity contribution is 9.10. The summed E-state index contributed by atoms with van der Waals surface area (Å²) in [6.45, 7) is 6.20. The Morgan fingerprint density at radius 1 is 1.08 bits per heavy atom. The summed E-state index contributed by atoms with van der Waals surface area (Å²) in [4.78, 5) is 9.31. The van der Waals surface area contributed by atoms with Crippen LogP contribution in [0.4, 0.5) is 5.82 Å². The van der Waals surface area contributed by atoms with Gasteiger partial charge in [0.15, 0.2) is 0 Å². The molecule has 0 bridgehead atoms. The number of aromatic nitrogens is 1. The van der Waals surface area contributed by atoms with Crippen LogP contribution in [0.3, 0.4) is 0 Å². The van der Waals surface area contributed by atoms with E-state index in [0.29, 0.717) is 13.2 Å². The van der Waals surface area contributed by atoms with E-state index in [0.717, 1.165) is 48.8 Å². The maximum atomic E-state index is 5.70. The monoisotopic (exact) mass is 405 g/mol. The number of anilines is 1. The summed E-state index contributed by atoms with van der Waals surface area (Å²) in [6.07, 6.45) is 1.86. The van der Waals surface area contributed by atoms with Crippen LogP contribution >= 0.6 is 15.9 Å². The van der Waals surface area contributed by atoms with Gasteiger partial charge in [-0.25, -0.2) is 4.98 Å². The molecule has 1 saturated heterocycles. The van der Waals surface area contributed by atoms with Crippen LogP contribution in [0.2, 0.25) is 0 Å². The molecule has 0 radical (unpaired) electrons. The van der Waals surface area contributed by atoms with E-state index in [-0.39, 0.29) is 0 Å². The van der Waals surface area contributed by atoms with Gasteiger partial charge in [-0.1, -0.05) is 12.1 Å². The molecule has 2 aromatic rings. The van der Waals surface area contributed by atoms with Crippen LogP contribution in [-0.2, 0) is 11.3 Å². The Labute approximate surface area is 157 Å². The van der Waals surface area contributed by atoms with Crippen molar-refractivity contribution in [2.24, 2.45) is 0 Å². The van der Waals surface area contributed by atoms with Crippen LogP contribution in [-0.4, -0.2) is 56.4 Å². The molecule has 0 N–H and O–H groups in total. The molecule has 2 heterocycles. The number of methoxy groups -OCH3 is 1. The van der Waals surface area contributed by atoms with Crippen molar-refractivity contribution in [3.8, 4) is 5.75 Å². The zero-order valence-corrected chi connectivity index (χ0v) is 16.1. The topological polar surface area (TPSA) is 37.8 Å². The van der Waals surface area contributed by atoms with E-state index < -0.39 is 0 Å². The zero-order chi connectivity index (χ0) is 17.5. The molecule has 25 heavy (non-hydrogen) atoms. The maximum absolute atomic E-state index is 5.70. The van der Waals surface area contributed by atoms with Crippen molar-refractivity contribution in [1.82, 2.24) is 9.88 Å². The lowest BCUT2D eigenvalue weighted by Crippen LogP contribution is -2.46. The second-order valence-electron chi connectivity index (χ2n) is 6.09. The van der Waals surface area contributed by atoms with Crippen LogP contribution in [0.25, 0.3) is 0 Å². The third-order valence-electron chi connectivity index (χ3n) is 4.27. The second-order valence-corrected chi connectivity index (χ2v) is 7.00. The van der Waals surface area contributed by atoms with Crippen molar-refractivity contribution in [2.75, 3.05) is 51.4 Å². The Kier molecular flexibility index (Phi) is 6.67. The molecule has 134 valence electrons. The van der Waals surface area contributed by atoms with Gasteiger partial charge in [0.25, 0.3) is 0 Å². The minimum Gasteiger partial charge on any atom is -0.491 e. The first-order valence-electron chi connectivity index (χ1n) is 8.54. The number of hydrogen-bond donors (Lipinski definition) is 0. The van der Waals surface area contributed by atoms with Gasteiger partial charge in [-0.3, -0.25) is 4.90 Å². The molecule has 1 aromatic carbocycles. The van der Waals surface area contributed by atoms with Crippen molar-refractivity contribution in [1.29, 1.82) is 0 Å². The predicted octanol–water partition coefficient (Wildman–Crippen LogP) is 3.19. The molecule has 1 aliphatic heterocycles. The number of rotatable bonds is 7. The first-order valence-corrected chi connectivity index (χ1v) is 9.33. The van der Waals surface area contributed by atoms with Crippen LogP contribution in [0, 0.1) is 0 Å². The molecular weight excluding hydrogens is 382 g/mol. The molecule has 1 aliphatic rings. The number of pyridine rings is 1. The average molecular weight is 406 g/mol. The molecule has 5 nitrogen and oxygen atoms in total. The fraction of sp³-hybridized carbons (Fsp3) is 0.421. The lowest BCUT2D eigenvalue weighted by atomic mass is 10.2. The molecule has 0 saturated carbocycles. The summed E-state index contributed by atoms with van der Waals surface area (Å²) in [5.41, 5.74) is 1.28. The summed E-state index contributed by atoms with van der Waals surface area (Å²) in [6, 6.07) is 12.4. The summed E-state index contributed by atoms with van der Waals surface area (Å²) in [7, 11) is 1.68. The van der Waals surface area contributed by atoms with Crippen molar-refractivity contribution >= 4 is 21.7 Å². The Morgan fingerprint density at radius 3 is 2.64 bits per heavy atom. The molecule has 0 amide bonds. The van der Waals surface area contributed by atoms with Crippen molar-refractivity contribution < 1.29 is 9.47 Å². The lowest BCUT2D eigenvalue weighted by Gasteiger charge is -2.35. The van der Waals surface area contributed by atoms with E-state index in [4.69, 9.17) is 9.47 Å². The third kappa shape index (κ3) is 5.42. The summed E-state index contributed by atoms with van der Waals surface area (Å²) in [5.74, 6) is 1.96. The number of ether oxygens (including phenoxy) is 2. The Bertz CT molecular complexity index is 658. The molecule has 6 heteroatoms. The van der Waals surface area contributed by atoms with Crippen LogP contribution in [0.1, 0.15) is 5.56 Å². The van der Waals surface area contributed by atoms with E-state index in [2.05, 4.69) is 55.0 Å². The van der Waals surface area contributed by atoms with Crippen LogP contribution < -0.4 is 9.64 Å². The fourth-order valence-electron chi connectivity index (χ4n) is 2.92. The molecular formula is C19H24BrN3O2. The van der Waals surface area contributed by atoms with Gasteiger partial charge >= 0.3 is 0 Å². The van der Waals surface area contributed by atoms with Gasteiger partial charge in [-0.05, 0) is 45.8 Å². The van der Waals surface area contributed by atoms with Gasteiger partial charge in [0.2, 0.25) is 0 Å². The van der Waals surface area contributed by atoms with Gasteiger partial charge < -0.3 is 14.4 Å². The molecule has 0 spiro atoms. The third-order valence-corrected chi connectivity index (χ3v) is 4.74. The summed E-state index contributed by atoms with van der Waals surface area (Å²) >= 11 is 3.44. The molecule has 0 unspecified atom stereocenters. The minimum absolute atomic E-state index is 0.582. The van der Waals surface area contributed by atoms with E-state index in [1.165, 1.54) is 5.56 Å². The number of nitrogens with zero attached hydrogens (tertiary/aromatic N) is 3. The van der Waals surface area contributed by atoms with Gasteiger partial charge in [0.1, 0.15) is 18.2 Å². The van der Waals surface area contributed by atoms with Crippen molar-refractivity contribution in [3.63, 3.8) is 0 Å². The fourth-order valence-corrected chi connectivity index (χ4v) is 3.16. The SMILES string of the molecule is COCCOc1cccc(CN2CCN(c3ccc(Br)cn3)CC2)c1. The highest BCUT2D eigenvalue weighted by Gasteiger charge is 2.18. The number of halogens is 1. The highest BCUT2D eigenvalue weighted by atomic mass is 79.9. The largest absolute Gasteiger partial charge is 0.491 e. The lowest BCUT2D eigenvalue weighted by molar-refractivity contribution is 0.146. The zero-order valence-electron chi connectivity index (χ0n) is 14.5. The van der Waals surface area contributed by atoms with Gasteiger partial charge in [0.05, 0.1) is 6.61 Å². The molecule has 0 aliphatic carbocycles. The maximum Gasteiger partial charge on any atom is 0.128 e. The number of benzene rings is 1. The van der Waals surface area contributed by atoms with Crippen molar-refractivity contribution in [3.05, 3.63) is 52.6 Å². The first kappa shape index (κ1) is 18.2. The van der Waals surface area contributed by atoms with Crippen LogP contribution in [0.5, 0.6) is 5.75 Å². The Hall–Kier alpha value is -1.63. The second kappa shape index (κ2) is 9.17. The summed E-state index contributed by atoms with van der Waals surface area (Å²) in [5, 5.41) is 0. The van der Waals surface area contributed by atoms with Gasteiger partial charge in [-0.2, -0.15) is 0 Å². The standard InChI is InChI=1S/C19H24BrN3O2/c1-24-11-12-25-18-4-2-3-16(13-18)15-22-7-9-23(10-8-22)19-6-5-17(20)14-21-19/h2-6,13-14H,7-12,15H2,1H3. The Balaban J connectivity index is 1.50. The van der Waals surface area contributed by atoms with E-state index in [1.54, 1.807) is 7.11 Å². The quantitative estimate of drug-likeness (QED) is 0.661. The minimum atomic E-state index is 0.582. The molecule has 1 aromatic heterocycles. The smallest absolute Gasteiger partial charge is 0.128 e. The molecule has 1 fully saturated rings.